The summed E-state index contributed by atoms with van der Waals surface area (Å²) in [5, 5.41) is 2.58. The van der Waals surface area contributed by atoms with E-state index in [4.69, 9.17) is 23.7 Å². The second kappa shape index (κ2) is 15.4. The van der Waals surface area contributed by atoms with Gasteiger partial charge >= 0.3 is 11.9 Å². The minimum atomic E-state index is -1.08. The Morgan fingerprint density at radius 2 is 1.35 bits per heavy atom. The summed E-state index contributed by atoms with van der Waals surface area (Å²) in [5.41, 5.74) is 2.07. The Hall–Kier alpha value is -4.86. The van der Waals surface area contributed by atoms with Crippen molar-refractivity contribution in [2.75, 3.05) is 20.3 Å². The quantitative estimate of drug-likeness (QED) is 0.200. The Morgan fingerprint density at radius 1 is 0.814 bits per heavy atom. The van der Waals surface area contributed by atoms with Crippen LogP contribution in [-0.2, 0) is 14.3 Å². The zero-order valence-electron chi connectivity index (χ0n) is 25.6. The van der Waals surface area contributed by atoms with Crippen molar-refractivity contribution in [2.24, 2.45) is 5.92 Å². The number of allylic oxidation sites excluding steroid dienone is 1. The van der Waals surface area contributed by atoms with E-state index in [2.05, 4.69) is 10.3 Å². The monoisotopic (exact) mass is 590 g/mol. The summed E-state index contributed by atoms with van der Waals surface area (Å²) in [5.74, 6) is -0.691. The predicted molar refractivity (Wildman–Crippen MR) is 161 cm³/mol. The van der Waals surface area contributed by atoms with Crippen molar-refractivity contribution in [3.05, 3.63) is 83.4 Å². The molecule has 1 heterocycles. The average Bonchev–Trinajstić information content (AvgIpc) is 2.99. The highest BCUT2D eigenvalue weighted by molar-refractivity contribution is 5.99. The third-order valence-electron chi connectivity index (χ3n) is 6.19. The van der Waals surface area contributed by atoms with E-state index in [1.807, 2.05) is 62.4 Å². The molecule has 1 atom stereocenters. The number of carbonyl (C=O) groups excluding carboxylic acids is 3. The fourth-order valence-electron chi connectivity index (χ4n) is 4.03. The number of hydrogen-bond donors (Lipinski definition) is 1. The van der Waals surface area contributed by atoms with Crippen LogP contribution in [0.4, 0.5) is 0 Å². The highest BCUT2D eigenvalue weighted by atomic mass is 16.6. The van der Waals surface area contributed by atoms with Gasteiger partial charge in [0, 0.05) is 17.8 Å². The third kappa shape index (κ3) is 8.57. The number of ether oxygens (including phenoxy) is 5. The number of methoxy groups -OCH3 is 1. The number of esters is 2. The number of nitrogens with one attached hydrogen (secondary N) is 1. The predicted octanol–water partition coefficient (Wildman–Crippen LogP) is 5.59. The molecule has 1 aromatic heterocycles. The molecule has 0 unspecified atom stereocenters. The molecule has 43 heavy (non-hydrogen) atoms. The van der Waals surface area contributed by atoms with Crippen molar-refractivity contribution in [2.45, 2.75) is 47.6 Å². The number of amides is 1. The largest absolute Gasteiger partial charge is 0.494 e. The van der Waals surface area contributed by atoms with Crippen molar-refractivity contribution >= 4 is 23.4 Å². The van der Waals surface area contributed by atoms with Gasteiger partial charge in [-0.1, -0.05) is 38.1 Å². The molecule has 10 nitrogen and oxygen atoms in total. The molecule has 1 amide bonds. The van der Waals surface area contributed by atoms with Crippen LogP contribution in [-0.4, -0.2) is 49.2 Å². The smallest absolute Gasteiger partial charge is 0.333 e. The molecule has 10 heteroatoms. The Kier molecular flexibility index (Phi) is 11.7. The van der Waals surface area contributed by atoms with E-state index in [1.165, 1.54) is 26.3 Å². The van der Waals surface area contributed by atoms with Crippen LogP contribution in [0.15, 0.2) is 66.6 Å². The molecule has 3 rings (SSSR count). The van der Waals surface area contributed by atoms with Gasteiger partial charge in [0.25, 0.3) is 5.91 Å². The molecule has 2 aromatic carbocycles. The van der Waals surface area contributed by atoms with Gasteiger partial charge < -0.3 is 29.0 Å². The Morgan fingerprint density at radius 3 is 1.81 bits per heavy atom. The maximum Gasteiger partial charge on any atom is 0.333 e. The van der Waals surface area contributed by atoms with Crippen molar-refractivity contribution in [1.82, 2.24) is 10.3 Å². The second-order valence-corrected chi connectivity index (χ2v) is 9.73. The van der Waals surface area contributed by atoms with Crippen molar-refractivity contribution in [3.63, 3.8) is 0 Å². The van der Waals surface area contributed by atoms with E-state index in [0.717, 1.165) is 11.1 Å². The molecule has 0 fully saturated rings. The summed E-state index contributed by atoms with van der Waals surface area (Å²) < 4.78 is 27.6. The van der Waals surface area contributed by atoms with Gasteiger partial charge in [0.1, 0.15) is 23.3 Å². The van der Waals surface area contributed by atoms with Crippen LogP contribution in [0.2, 0.25) is 0 Å². The number of rotatable bonds is 13. The van der Waals surface area contributed by atoms with Crippen molar-refractivity contribution < 1.29 is 38.1 Å². The molecule has 0 aliphatic rings. The maximum atomic E-state index is 13.2. The van der Waals surface area contributed by atoms with E-state index in [9.17, 15) is 14.4 Å². The van der Waals surface area contributed by atoms with E-state index in [-0.39, 0.29) is 17.2 Å². The zero-order valence-corrected chi connectivity index (χ0v) is 25.6. The molecule has 1 N–H and O–H groups in total. The molecule has 0 bridgehead atoms. The Labute approximate surface area is 252 Å². The molecule has 0 saturated heterocycles. The molecule has 0 radical (unpaired) electrons. The van der Waals surface area contributed by atoms with Crippen LogP contribution < -0.4 is 24.3 Å². The lowest BCUT2D eigenvalue weighted by Crippen LogP contribution is -2.40. The number of pyridine rings is 1. The van der Waals surface area contributed by atoms with Gasteiger partial charge in [-0.2, -0.15) is 0 Å². The summed E-state index contributed by atoms with van der Waals surface area (Å²) in [4.78, 5) is 42.7. The summed E-state index contributed by atoms with van der Waals surface area (Å²) in [6.45, 7) is 11.4. The second-order valence-electron chi connectivity index (χ2n) is 9.73. The third-order valence-corrected chi connectivity index (χ3v) is 6.19. The summed E-state index contributed by atoms with van der Waals surface area (Å²) in [7, 11) is 1.38. The SMILES string of the molecule is CCOc1ccc(C(=C(C)OC(=O)[C@H](C)NC(=O)c2nccc(OC)c2OC(=O)C(C)C)c2ccc(OCC)cc2)cc1. The van der Waals surface area contributed by atoms with E-state index in [0.29, 0.717) is 36.0 Å². The van der Waals surface area contributed by atoms with Crippen LogP contribution in [0.1, 0.15) is 63.2 Å². The highest BCUT2D eigenvalue weighted by Gasteiger charge is 2.26. The highest BCUT2D eigenvalue weighted by Crippen LogP contribution is 2.32. The van der Waals surface area contributed by atoms with Gasteiger partial charge in [-0.3, -0.25) is 9.59 Å². The van der Waals surface area contributed by atoms with Gasteiger partial charge in [0.2, 0.25) is 5.75 Å². The van der Waals surface area contributed by atoms with Crippen LogP contribution in [0.5, 0.6) is 23.0 Å². The first-order chi connectivity index (χ1) is 20.6. The van der Waals surface area contributed by atoms with Crippen LogP contribution in [0.3, 0.4) is 0 Å². The first-order valence-corrected chi connectivity index (χ1v) is 14.0. The molecular weight excluding hydrogens is 552 g/mol. The van der Waals surface area contributed by atoms with Crippen LogP contribution in [0.25, 0.3) is 5.57 Å². The lowest BCUT2D eigenvalue weighted by atomic mass is 9.96. The van der Waals surface area contributed by atoms with Gasteiger partial charge in [-0.25, -0.2) is 9.78 Å². The standard InChI is InChI=1S/C33H38N2O8/c1-8-40-25-14-10-23(11-15-25)28(24-12-16-26(17-13-24)41-9-2)22(6)42-33(38)21(5)35-31(36)29-30(43-32(37)20(3)4)27(39-7)18-19-34-29/h10-21H,8-9H2,1-7H3,(H,35,36)/t21-/m0/s1. The molecule has 228 valence electrons. The van der Waals surface area contributed by atoms with Gasteiger partial charge in [0.15, 0.2) is 11.4 Å². The van der Waals surface area contributed by atoms with Crippen molar-refractivity contribution in [1.29, 1.82) is 0 Å². The Bertz CT molecular complexity index is 1400. The number of benzene rings is 2. The minimum Gasteiger partial charge on any atom is -0.494 e. The maximum absolute atomic E-state index is 13.2. The van der Waals surface area contributed by atoms with E-state index in [1.54, 1.807) is 20.8 Å². The van der Waals surface area contributed by atoms with Crippen LogP contribution >= 0.6 is 0 Å². The molecule has 3 aromatic rings. The van der Waals surface area contributed by atoms with Crippen LogP contribution in [0, 0.1) is 5.92 Å². The lowest BCUT2D eigenvalue weighted by molar-refractivity contribution is -0.141. The van der Waals surface area contributed by atoms with Gasteiger partial charge in [-0.05, 0) is 63.1 Å². The fraction of sp³-hybridized carbons (Fsp3) is 0.333. The number of aromatic nitrogens is 1. The normalized spacial score (nSPS) is 11.3. The lowest BCUT2D eigenvalue weighted by Gasteiger charge is -2.18. The number of hydrogen-bond acceptors (Lipinski definition) is 9. The first kappa shape index (κ1) is 32.7. The molecule has 0 spiro atoms. The van der Waals surface area contributed by atoms with Crippen molar-refractivity contribution in [3.8, 4) is 23.0 Å². The molecule has 0 aliphatic carbocycles. The zero-order chi connectivity index (χ0) is 31.5. The van der Waals surface area contributed by atoms with E-state index >= 15 is 0 Å². The summed E-state index contributed by atoms with van der Waals surface area (Å²) >= 11 is 0. The summed E-state index contributed by atoms with van der Waals surface area (Å²) in [6, 6.07) is 15.3. The fourth-order valence-corrected chi connectivity index (χ4v) is 4.03. The number of nitrogens with zero attached hydrogens (tertiary/aromatic N) is 1. The molecule has 0 aliphatic heterocycles. The minimum absolute atomic E-state index is 0.133. The molecular formula is C33H38N2O8. The average molecular weight is 591 g/mol. The number of carbonyl (C=O) groups is 3. The summed E-state index contributed by atoms with van der Waals surface area (Å²) in [6.07, 6.45) is 1.34. The van der Waals surface area contributed by atoms with Gasteiger partial charge in [0.05, 0.1) is 26.2 Å². The van der Waals surface area contributed by atoms with Gasteiger partial charge in [-0.15, -0.1) is 0 Å². The molecule has 0 saturated carbocycles. The Balaban J connectivity index is 1.88. The van der Waals surface area contributed by atoms with E-state index < -0.39 is 29.8 Å². The topological polar surface area (TPSA) is 122 Å². The first-order valence-electron chi connectivity index (χ1n) is 14.0.